The molecule has 0 fully saturated rings. The number of rotatable bonds is 5. The molecule has 90 valence electrons. The summed E-state index contributed by atoms with van der Waals surface area (Å²) in [6.45, 7) is 8.69. The van der Waals surface area contributed by atoms with Gasteiger partial charge in [-0.25, -0.2) is 0 Å². The molecule has 0 bridgehead atoms. The summed E-state index contributed by atoms with van der Waals surface area (Å²) < 4.78 is 0. The Morgan fingerprint density at radius 3 is 2.44 bits per heavy atom. The molecule has 1 N–H and O–H groups in total. The highest BCUT2D eigenvalue weighted by atomic mass is 15.1. The van der Waals surface area contributed by atoms with E-state index in [0.717, 1.165) is 13.1 Å². The van der Waals surface area contributed by atoms with Crippen LogP contribution in [0.5, 0.6) is 0 Å². The first-order valence-corrected chi connectivity index (χ1v) is 5.98. The van der Waals surface area contributed by atoms with E-state index in [2.05, 4.69) is 63.3 Å². The molecule has 0 aliphatic rings. The number of aryl methyl sites for hydroxylation is 1. The molecule has 2 heteroatoms. The average Bonchev–Trinajstić information content (AvgIpc) is 2.19. The van der Waals surface area contributed by atoms with Crippen LogP contribution in [0.25, 0.3) is 0 Å². The maximum absolute atomic E-state index is 3.48. The summed E-state index contributed by atoms with van der Waals surface area (Å²) in [5.41, 5.74) is 4.03. The summed E-state index contributed by atoms with van der Waals surface area (Å²) in [7, 11) is 4.15. The molecule has 1 rings (SSSR count). The normalized spacial score (nSPS) is 10.9. The van der Waals surface area contributed by atoms with Gasteiger partial charge in [0, 0.05) is 26.3 Å². The molecule has 0 unspecified atom stereocenters. The van der Waals surface area contributed by atoms with Crippen LogP contribution in [0.2, 0.25) is 0 Å². The lowest BCUT2D eigenvalue weighted by atomic mass is 10.1. The molecule has 0 heterocycles. The molecule has 0 spiro atoms. The van der Waals surface area contributed by atoms with Gasteiger partial charge in [-0.05, 0) is 42.6 Å². The molecule has 1 aromatic carbocycles. The zero-order valence-electron chi connectivity index (χ0n) is 11.2. The van der Waals surface area contributed by atoms with Crippen molar-refractivity contribution in [3.63, 3.8) is 0 Å². The average molecular weight is 220 g/mol. The second kappa shape index (κ2) is 5.90. The minimum Gasteiger partial charge on any atom is -0.378 e. The molecule has 0 aromatic heterocycles. The zero-order valence-corrected chi connectivity index (χ0v) is 11.2. The van der Waals surface area contributed by atoms with Gasteiger partial charge >= 0.3 is 0 Å². The van der Waals surface area contributed by atoms with Crippen molar-refractivity contribution in [3.05, 3.63) is 29.3 Å². The van der Waals surface area contributed by atoms with Crippen LogP contribution < -0.4 is 10.2 Å². The van der Waals surface area contributed by atoms with Crippen molar-refractivity contribution in [2.24, 2.45) is 5.92 Å². The third-order valence-electron chi connectivity index (χ3n) is 2.71. The monoisotopic (exact) mass is 220 g/mol. The Morgan fingerprint density at radius 2 is 1.94 bits per heavy atom. The smallest absolute Gasteiger partial charge is 0.0363 e. The molecule has 0 amide bonds. The highest BCUT2D eigenvalue weighted by Gasteiger charge is 2.01. The minimum absolute atomic E-state index is 0.710. The topological polar surface area (TPSA) is 15.3 Å². The third kappa shape index (κ3) is 3.86. The van der Waals surface area contributed by atoms with Crippen LogP contribution in [0, 0.1) is 12.8 Å². The van der Waals surface area contributed by atoms with Gasteiger partial charge in [0.2, 0.25) is 0 Å². The maximum atomic E-state index is 3.48. The van der Waals surface area contributed by atoms with Crippen LogP contribution in [0.1, 0.15) is 25.0 Å². The summed E-state index contributed by atoms with van der Waals surface area (Å²) in [6, 6.07) is 6.64. The van der Waals surface area contributed by atoms with E-state index in [1.165, 1.54) is 16.8 Å². The fourth-order valence-electron chi connectivity index (χ4n) is 1.65. The molecule has 0 radical (unpaired) electrons. The van der Waals surface area contributed by atoms with Crippen molar-refractivity contribution < 1.29 is 0 Å². The standard InChI is InChI=1S/C14H24N2/c1-11(2)9-15-10-13-6-7-14(16(4)5)8-12(13)3/h6-8,11,15H,9-10H2,1-5H3. The van der Waals surface area contributed by atoms with E-state index in [9.17, 15) is 0 Å². The molecule has 2 nitrogen and oxygen atoms in total. The number of hydrogen-bond acceptors (Lipinski definition) is 2. The van der Waals surface area contributed by atoms with E-state index in [-0.39, 0.29) is 0 Å². The first-order valence-electron chi connectivity index (χ1n) is 5.98. The van der Waals surface area contributed by atoms with Crippen molar-refractivity contribution in [1.82, 2.24) is 5.32 Å². The third-order valence-corrected chi connectivity index (χ3v) is 2.71. The van der Waals surface area contributed by atoms with Crippen molar-refractivity contribution in [2.75, 3.05) is 25.5 Å². The van der Waals surface area contributed by atoms with E-state index >= 15 is 0 Å². The summed E-state index contributed by atoms with van der Waals surface area (Å²) in [5.74, 6) is 0.710. The van der Waals surface area contributed by atoms with Gasteiger partial charge in [-0.1, -0.05) is 19.9 Å². The Kier molecular flexibility index (Phi) is 4.81. The number of hydrogen-bond donors (Lipinski definition) is 1. The first-order chi connectivity index (χ1) is 7.50. The van der Waals surface area contributed by atoms with Crippen molar-refractivity contribution in [3.8, 4) is 0 Å². The fraction of sp³-hybridized carbons (Fsp3) is 0.571. The van der Waals surface area contributed by atoms with Crippen LogP contribution in [-0.4, -0.2) is 20.6 Å². The van der Waals surface area contributed by atoms with Gasteiger partial charge in [0.15, 0.2) is 0 Å². The summed E-state index contributed by atoms with van der Waals surface area (Å²) in [5, 5.41) is 3.48. The molecule has 0 saturated heterocycles. The highest BCUT2D eigenvalue weighted by Crippen LogP contribution is 2.17. The molecule has 0 saturated carbocycles. The van der Waals surface area contributed by atoms with Gasteiger partial charge in [0.05, 0.1) is 0 Å². The number of anilines is 1. The zero-order chi connectivity index (χ0) is 12.1. The molecule has 0 aliphatic carbocycles. The lowest BCUT2D eigenvalue weighted by Gasteiger charge is -2.15. The van der Waals surface area contributed by atoms with E-state index < -0.39 is 0 Å². The molecule has 1 aromatic rings. The maximum Gasteiger partial charge on any atom is 0.0363 e. The van der Waals surface area contributed by atoms with E-state index in [0.29, 0.717) is 5.92 Å². The summed E-state index contributed by atoms with van der Waals surface area (Å²) >= 11 is 0. The second-order valence-corrected chi connectivity index (χ2v) is 5.03. The van der Waals surface area contributed by atoms with E-state index in [4.69, 9.17) is 0 Å². The number of nitrogens with one attached hydrogen (secondary N) is 1. The SMILES string of the molecule is Cc1cc(N(C)C)ccc1CNCC(C)C. The molecule has 0 aliphatic heterocycles. The van der Waals surface area contributed by atoms with Crippen LogP contribution in [0.15, 0.2) is 18.2 Å². The molecular formula is C14H24N2. The molecular weight excluding hydrogens is 196 g/mol. The van der Waals surface area contributed by atoms with Gasteiger partial charge in [-0.3, -0.25) is 0 Å². The van der Waals surface area contributed by atoms with Gasteiger partial charge in [-0.15, -0.1) is 0 Å². The summed E-state index contributed by atoms with van der Waals surface area (Å²) in [6.07, 6.45) is 0. The first kappa shape index (κ1) is 13.0. The highest BCUT2D eigenvalue weighted by molar-refractivity contribution is 5.49. The number of nitrogens with zero attached hydrogens (tertiary/aromatic N) is 1. The van der Waals surface area contributed by atoms with Crippen molar-refractivity contribution in [2.45, 2.75) is 27.3 Å². The predicted molar refractivity (Wildman–Crippen MR) is 72.1 cm³/mol. The predicted octanol–water partition coefficient (Wildman–Crippen LogP) is 2.81. The van der Waals surface area contributed by atoms with E-state index in [1.54, 1.807) is 0 Å². The Labute approximate surface area is 99.7 Å². The molecule has 0 atom stereocenters. The second-order valence-electron chi connectivity index (χ2n) is 5.03. The van der Waals surface area contributed by atoms with E-state index in [1.807, 2.05) is 0 Å². The van der Waals surface area contributed by atoms with Crippen LogP contribution in [-0.2, 0) is 6.54 Å². The molecule has 16 heavy (non-hydrogen) atoms. The Morgan fingerprint density at radius 1 is 1.25 bits per heavy atom. The Bertz CT molecular complexity index is 330. The Hall–Kier alpha value is -1.02. The van der Waals surface area contributed by atoms with Gasteiger partial charge in [-0.2, -0.15) is 0 Å². The van der Waals surface area contributed by atoms with Crippen LogP contribution in [0.4, 0.5) is 5.69 Å². The number of benzene rings is 1. The van der Waals surface area contributed by atoms with Gasteiger partial charge < -0.3 is 10.2 Å². The largest absolute Gasteiger partial charge is 0.378 e. The minimum atomic E-state index is 0.710. The van der Waals surface area contributed by atoms with Gasteiger partial charge in [0.1, 0.15) is 0 Å². The van der Waals surface area contributed by atoms with Crippen LogP contribution in [0.3, 0.4) is 0 Å². The summed E-state index contributed by atoms with van der Waals surface area (Å²) in [4.78, 5) is 2.14. The quantitative estimate of drug-likeness (QED) is 0.821. The lowest BCUT2D eigenvalue weighted by Crippen LogP contribution is -2.19. The van der Waals surface area contributed by atoms with Crippen LogP contribution >= 0.6 is 0 Å². The fourth-order valence-corrected chi connectivity index (χ4v) is 1.65. The van der Waals surface area contributed by atoms with Crippen molar-refractivity contribution >= 4 is 5.69 Å². The lowest BCUT2D eigenvalue weighted by molar-refractivity contribution is 0.551. The Balaban J connectivity index is 2.61. The van der Waals surface area contributed by atoms with Crippen molar-refractivity contribution in [1.29, 1.82) is 0 Å². The van der Waals surface area contributed by atoms with Gasteiger partial charge in [0.25, 0.3) is 0 Å².